The van der Waals surface area contributed by atoms with E-state index in [9.17, 15) is 14.7 Å². The van der Waals surface area contributed by atoms with Gasteiger partial charge in [-0.1, -0.05) is 0 Å². The van der Waals surface area contributed by atoms with Crippen LogP contribution in [0, 0.1) is 6.92 Å². The zero-order valence-electron chi connectivity index (χ0n) is 12.8. The highest BCUT2D eigenvalue weighted by molar-refractivity contribution is 7.17. The molecule has 1 amide bonds. The smallest absolute Gasteiger partial charge is 0.326 e. The molecule has 3 heterocycles. The maximum absolute atomic E-state index is 12.7. The van der Waals surface area contributed by atoms with Crippen LogP contribution in [0.2, 0.25) is 0 Å². The Morgan fingerprint density at radius 2 is 2.13 bits per heavy atom. The van der Waals surface area contributed by atoms with Crippen LogP contribution in [0.5, 0.6) is 0 Å². The second kappa shape index (κ2) is 6.17. The van der Waals surface area contributed by atoms with Gasteiger partial charge in [0.1, 0.15) is 17.6 Å². The van der Waals surface area contributed by atoms with Crippen molar-refractivity contribution < 1.29 is 23.8 Å². The first-order valence-electron chi connectivity index (χ1n) is 7.23. The Bertz CT molecular complexity index is 734. The molecule has 23 heavy (non-hydrogen) atoms. The number of carboxylic acid groups (broad SMARTS) is 1. The molecular weight excluding hydrogens is 318 g/mol. The van der Waals surface area contributed by atoms with E-state index in [1.54, 1.807) is 6.07 Å². The minimum absolute atomic E-state index is 0.243. The Labute approximate surface area is 137 Å². The Morgan fingerprint density at radius 3 is 2.74 bits per heavy atom. The summed E-state index contributed by atoms with van der Waals surface area (Å²) >= 11 is 1.30. The average Bonchev–Trinajstić information content (AvgIpc) is 3.24. The van der Waals surface area contributed by atoms with Gasteiger partial charge in [-0.2, -0.15) is 0 Å². The molecule has 1 aliphatic rings. The maximum Gasteiger partial charge on any atom is 0.326 e. The first-order valence-corrected chi connectivity index (χ1v) is 8.04. The lowest BCUT2D eigenvalue weighted by atomic mass is 10.2. The standard InChI is InChI=1S/C16H17NO5S/c1-9-3-4-12(22-9)13-5-6-14(23-13)15(18)17-8-10(21-2)7-11(17)16(19)20/h3-6,10-11H,7-8H2,1-2H3,(H,19,20). The van der Waals surface area contributed by atoms with Gasteiger partial charge >= 0.3 is 5.97 Å². The number of hydrogen-bond donors (Lipinski definition) is 1. The van der Waals surface area contributed by atoms with Gasteiger partial charge in [0, 0.05) is 20.1 Å². The number of amides is 1. The van der Waals surface area contributed by atoms with Crippen LogP contribution in [-0.2, 0) is 9.53 Å². The van der Waals surface area contributed by atoms with Gasteiger partial charge in [-0.15, -0.1) is 11.3 Å². The van der Waals surface area contributed by atoms with Crippen molar-refractivity contribution in [1.82, 2.24) is 4.90 Å². The van der Waals surface area contributed by atoms with Gasteiger partial charge in [-0.05, 0) is 31.2 Å². The molecular formula is C16H17NO5S. The number of rotatable bonds is 4. The first-order chi connectivity index (χ1) is 11.0. The molecule has 0 aliphatic carbocycles. The summed E-state index contributed by atoms with van der Waals surface area (Å²) in [6.07, 6.45) is 0.0694. The lowest BCUT2D eigenvalue weighted by Gasteiger charge is -2.20. The van der Waals surface area contributed by atoms with E-state index in [1.165, 1.54) is 23.3 Å². The maximum atomic E-state index is 12.7. The highest BCUT2D eigenvalue weighted by Crippen LogP contribution is 2.32. The van der Waals surface area contributed by atoms with E-state index < -0.39 is 12.0 Å². The second-order valence-electron chi connectivity index (χ2n) is 5.48. The minimum atomic E-state index is -1.00. The monoisotopic (exact) mass is 335 g/mol. The highest BCUT2D eigenvalue weighted by atomic mass is 32.1. The first kappa shape index (κ1) is 15.8. The topological polar surface area (TPSA) is 80.0 Å². The summed E-state index contributed by atoms with van der Waals surface area (Å²) in [7, 11) is 1.53. The molecule has 1 fully saturated rings. The van der Waals surface area contributed by atoms with E-state index in [0.717, 1.165) is 10.6 Å². The Hall–Kier alpha value is -2.12. The van der Waals surface area contributed by atoms with Crippen LogP contribution in [0.15, 0.2) is 28.7 Å². The summed E-state index contributed by atoms with van der Waals surface area (Å²) in [6, 6.07) is 6.39. The lowest BCUT2D eigenvalue weighted by molar-refractivity contribution is -0.141. The summed E-state index contributed by atoms with van der Waals surface area (Å²) in [5.74, 6) is 0.222. The largest absolute Gasteiger partial charge is 0.480 e. The molecule has 2 aromatic heterocycles. The van der Waals surface area contributed by atoms with Gasteiger partial charge in [0.15, 0.2) is 0 Å². The molecule has 6 nitrogen and oxygen atoms in total. The SMILES string of the molecule is COC1CC(C(=O)O)N(C(=O)c2ccc(-c3ccc(C)o3)s2)C1. The molecule has 0 radical (unpaired) electrons. The number of furan rings is 1. The molecule has 1 aliphatic heterocycles. The van der Waals surface area contributed by atoms with Crippen LogP contribution in [0.1, 0.15) is 21.9 Å². The Kier molecular flexibility index (Phi) is 4.23. The van der Waals surface area contributed by atoms with Crippen LogP contribution in [0.3, 0.4) is 0 Å². The fourth-order valence-corrected chi connectivity index (χ4v) is 3.64. The number of ether oxygens (including phenoxy) is 1. The van der Waals surface area contributed by atoms with Gasteiger partial charge in [0.2, 0.25) is 0 Å². The minimum Gasteiger partial charge on any atom is -0.480 e. The summed E-state index contributed by atoms with van der Waals surface area (Å²) in [5.41, 5.74) is 0. The summed E-state index contributed by atoms with van der Waals surface area (Å²) in [4.78, 5) is 26.8. The quantitative estimate of drug-likeness (QED) is 0.929. The van der Waals surface area contributed by atoms with Gasteiger partial charge in [0.25, 0.3) is 5.91 Å². The molecule has 2 unspecified atom stereocenters. The summed E-state index contributed by atoms with van der Waals surface area (Å²) < 4.78 is 10.8. The Balaban J connectivity index is 1.82. The number of aliphatic carboxylic acids is 1. The number of methoxy groups -OCH3 is 1. The zero-order valence-corrected chi connectivity index (χ0v) is 13.6. The van der Waals surface area contributed by atoms with Crippen molar-refractivity contribution in [3.05, 3.63) is 34.9 Å². The molecule has 1 saturated heterocycles. The van der Waals surface area contributed by atoms with Crippen molar-refractivity contribution in [2.24, 2.45) is 0 Å². The third-order valence-corrected chi connectivity index (χ3v) is 5.03. The number of aryl methyl sites for hydroxylation is 1. The molecule has 1 N–H and O–H groups in total. The van der Waals surface area contributed by atoms with Crippen LogP contribution in [0.4, 0.5) is 0 Å². The molecule has 0 aromatic carbocycles. The lowest BCUT2D eigenvalue weighted by Crippen LogP contribution is -2.40. The van der Waals surface area contributed by atoms with Crippen molar-refractivity contribution in [3.63, 3.8) is 0 Å². The van der Waals surface area contributed by atoms with E-state index >= 15 is 0 Å². The molecule has 2 atom stereocenters. The van der Waals surface area contributed by atoms with Crippen LogP contribution >= 0.6 is 11.3 Å². The predicted octanol–water partition coefficient (Wildman–Crippen LogP) is 2.63. The predicted molar refractivity (Wildman–Crippen MR) is 84.6 cm³/mol. The van der Waals surface area contributed by atoms with E-state index in [2.05, 4.69) is 0 Å². The van der Waals surface area contributed by atoms with E-state index in [1.807, 2.05) is 25.1 Å². The van der Waals surface area contributed by atoms with Crippen molar-refractivity contribution in [2.75, 3.05) is 13.7 Å². The van der Waals surface area contributed by atoms with Gasteiger partial charge in [-0.3, -0.25) is 4.79 Å². The molecule has 7 heteroatoms. The Morgan fingerprint density at radius 1 is 1.35 bits per heavy atom. The normalized spacial score (nSPS) is 20.9. The number of carbonyl (C=O) groups excluding carboxylic acids is 1. The van der Waals surface area contributed by atoms with Gasteiger partial charge < -0.3 is 19.2 Å². The number of carbonyl (C=O) groups is 2. The van der Waals surface area contributed by atoms with E-state index in [-0.39, 0.29) is 12.0 Å². The molecule has 2 aromatic rings. The number of carboxylic acids is 1. The van der Waals surface area contributed by atoms with Crippen molar-refractivity contribution in [2.45, 2.75) is 25.5 Å². The van der Waals surface area contributed by atoms with Gasteiger partial charge in [0.05, 0.1) is 15.9 Å². The molecule has 0 bridgehead atoms. The number of nitrogens with zero attached hydrogens (tertiary/aromatic N) is 1. The molecule has 0 saturated carbocycles. The van der Waals surface area contributed by atoms with Crippen LogP contribution < -0.4 is 0 Å². The zero-order chi connectivity index (χ0) is 16.6. The van der Waals surface area contributed by atoms with Crippen LogP contribution in [0.25, 0.3) is 10.6 Å². The van der Waals surface area contributed by atoms with Crippen molar-refractivity contribution >= 4 is 23.2 Å². The van der Waals surface area contributed by atoms with Crippen molar-refractivity contribution in [3.8, 4) is 10.6 Å². The van der Waals surface area contributed by atoms with E-state index in [4.69, 9.17) is 9.15 Å². The molecule has 3 rings (SSSR count). The molecule has 122 valence electrons. The average molecular weight is 335 g/mol. The fraction of sp³-hybridized carbons (Fsp3) is 0.375. The van der Waals surface area contributed by atoms with E-state index in [0.29, 0.717) is 23.6 Å². The summed E-state index contributed by atoms with van der Waals surface area (Å²) in [5, 5.41) is 9.32. The second-order valence-corrected chi connectivity index (χ2v) is 6.56. The molecule has 0 spiro atoms. The van der Waals surface area contributed by atoms with Crippen molar-refractivity contribution in [1.29, 1.82) is 0 Å². The van der Waals surface area contributed by atoms with Gasteiger partial charge in [-0.25, -0.2) is 4.79 Å². The third kappa shape index (κ3) is 3.02. The third-order valence-electron chi connectivity index (χ3n) is 3.94. The number of thiophene rings is 1. The number of likely N-dealkylation sites (tertiary alicyclic amines) is 1. The van der Waals surface area contributed by atoms with Crippen LogP contribution in [-0.4, -0.2) is 47.7 Å². The summed E-state index contributed by atoms with van der Waals surface area (Å²) in [6.45, 7) is 2.15. The number of hydrogen-bond acceptors (Lipinski definition) is 5. The highest BCUT2D eigenvalue weighted by Gasteiger charge is 2.40. The fourth-order valence-electron chi connectivity index (χ4n) is 2.72.